The van der Waals surface area contributed by atoms with Crippen molar-refractivity contribution in [2.45, 2.75) is 40.2 Å². The van der Waals surface area contributed by atoms with Crippen molar-refractivity contribution in [3.8, 4) is 5.75 Å². The summed E-state index contributed by atoms with van der Waals surface area (Å²) in [6.07, 6.45) is 4.85. The van der Waals surface area contributed by atoms with Crippen LogP contribution in [0.5, 0.6) is 5.75 Å². The second kappa shape index (κ2) is 12.4. The Bertz CT molecular complexity index is 1300. The molecule has 0 bridgehead atoms. The van der Waals surface area contributed by atoms with Crippen molar-refractivity contribution >= 4 is 27.8 Å². The maximum Gasteiger partial charge on any atom is 0.271 e. The summed E-state index contributed by atoms with van der Waals surface area (Å²) in [7, 11) is -3.49. The van der Waals surface area contributed by atoms with E-state index in [-0.39, 0.29) is 12.5 Å². The summed E-state index contributed by atoms with van der Waals surface area (Å²) < 4.78 is 31.9. The molecular formula is C28H33N3O4S. The lowest BCUT2D eigenvalue weighted by Crippen LogP contribution is -2.29. The van der Waals surface area contributed by atoms with Gasteiger partial charge in [-0.3, -0.25) is 9.10 Å². The fraction of sp³-hybridized carbons (Fsp3) is 0.286. The summed E-state index contributed by atoms with van der Waals surface area (Å²) >= 11 is 0. The second-order valence-electron chi connectivity index (χ2n) is 8.71. The SMILES string of the molecule is CCCCOc1ccc(/C=N\NC(=O)c2ccc(CN(c3ccc(C)c(C)c3)S(C)(=O)=O)cc2)cc1. The monoisotopic (exact) mass is 507 g/mol. The summed E-state index contributed by atoms with van der Waals surface area (Å²) in [5, 5.41) is 4.03. The van der Waals surface area contributed by atoms with Crippen LogP contribution in [0.3, 0.4) is 0 Å². The van der Waals surface area contributed by atoms with Gasteiger partial charge in [0, 0.05) is 5.56 Å². The number of hydrazone groups is 1. The molecule has 1 N–H and O–H groups in total. The van der Waals surface area contributed by atoms with Crippen LogP contribution in [0.1, 0.15) is 52.4 Å². The van der Waals surface area contributed by atoms with Gasteiger partial charge in [-0.25, -0.2) is 13.8 Å². The van der Waals surface area contributed by atoms with Crippen LogP contribution in [-0.2, 0) is 16.6 Å². The molecule has 0 atom stereocenters. The average Bonchev–Trinajstić information content (AvgIpc) is 2.85. The number of aryl methyl sites for hydroxylation is 2. The van der Waals surface area contributed by atoms with Gasteiger partial charge in [-0.2, -0.15) is 5.10 Å². The van der Waals surface area contributed by atoms with Crippen molar-refractivity contribution in [1.29, 1.82) is 0 Å². The Hall–Kier alpha value is -3.65. The molecule has 190 valence electrons. The zero-order valence-corrected chi connectivity index (χ0v) is 22.0. The van der Waals surface area contributed by atoms with Crippen molar-refractivity contribution < 1.29 is 17.9 Å². The van der Waals surface area contributed by atoms with Gasteiger partial charge in [0.1, 0.15) is 5.75 Å². The van der Waals surface area contributed by atoms with Crippen molar-refractivity contribution in [2.75, 3.05) is 17.2 Å². The molecule has 0 saturated carbocycles. The minimum absolute atomic E-state index is 0.166. The Labute approximate surface area is 213 Å². The first kappa shape index (κ1) is 26.9. The van der Waals surface area contributed by atoms with E-state index < -0.39 is 10.0 Å². The van der Waals surface area contributed by atoms with Gasteiger partial charge in [0.25, 0.3) is 5.91 Å². The standard InChI is InChI=1S/C28H33N3O4S/c1-5-6-17-35-27-15-10-23(11-16-27)19-29-30-28(32)25-12-8-24(9-13-25)20-31(36(4,33)34)26-14-7-21(2)22(3)18-26/h7-16,18-19H,5-6,17,20H2,1-4H3,(H,30,32)/b29-19-. The number of unbranched alkanes of at least 4 members (excludes halogenated alkanes) is 1. The van der Waals surface area contributed by atoms with Crippen LogP contribution >= 0.6 is 0 Å². The highest BCUT2D eigenvalue weighted by molar-refractivity contribution is 7.92. The van der Waals surface area contributed by atoms with Gasteiger partial charge in [0.05, 0.1) is 31.3 Å². The number of nitrogens with zero attached hydrogens (tertiary/aromatic N) is 2. The van der Waals surface area contributed by atoms with E-state index >= 15 is 0 Å². The molecule has 3 aromatic rings. The Kier molecular flexibility index (Phi) is 9.25. The molecular weight excluding hydrogens is 474 g/mol. The molecule has 0 aliphatic heterocycles. The van der Waals surface area contributed by atoms with Crippen LogP contribution < -0.4 is 14.5 Å². The molecule has 0 aromatic heterocycles. The molecule has 8 heteroatoms. The lowest BCUT2D eigenvalue weighted by molar-refractivity contribution is 0.0955. The third kappa shape index (κ3) is 7.68. The maximum absolute atomic E-state index is 12.5. The molecule has 7 nitrogen and oxygen atoms in total. The van der Waals surface area contributed by atoms with E-state index in [1.807, 2.05) is 50.2 Å². The molecule has 3 aromatic carbocycles. The lowest BCUT2D eigenvalue weighted by Gasteiger charge is -2.23. The summed E-state index contributed by atoms with van der Waals surface area (Å²) in [4.78, 5) is 12.5. The third-order valence-electron chi connectivity index (χ3n) is 5.75. The molecule has 0 saturated heterocycles. The third-order valence-corrected chi connectivity index (χ3v) is 6.89. The van der Waals surface area contributed by atoms with Gasteiger partial charge in [0.15, 0.2) is 0 Å². The van der Waals surface area contributed by atoms with Crippen LogP contribution in [0.25, 0.3) is 0 Å². The largest absolute Gasteiger partial charge is 0.494 e. The number of carbonyl (C=O) groups excluding carboxylic acids is 1. The summed E-state index contributed by atoms with van der Waals surface area (Å²) in [5.41, 5.74) is 7.26. The number of hydrogen-bond donors (Lipinski definition) is 1. The maximum atomic E-state index is 12.5. The van der Waals surface area contributed by atoms with Crippen molar-refractivity contribution in [3.63, 3.8) is 0 Å². The van der Waals surface area contributed by atoms with Crippen LogP contribution in [0, 0.1) is 13.8 Å². The first-order valence-corrected chi connectivity index (χ1v) is 13.7. The zero-order valence-electron chi connectivity index (χ0n) is 21.2. The van der Waals surface area contributed by atoms with Gasteiger partial charge in [-0.15, -0.1) is 0 Å². The highest BCUT2D eigenvalue weighted by Crippen LogP contribution is 2.23. The summed E-state index contributed by atoms with van der Waals surface area (Å²) in [5.74, 6) is 0.447. The van der Waals surface area contributed by atoms with E-state index in [4.69, 9.17) is 4.74 Å². The van der Waals surface area contributed by atoms with Gasteiger partial charge < -0.3 is 4.74 Å². The van der Waals surface area contributed by atoms with Crippen molar-refractivity contribution in [2.24, 2.45) is 5.10 Å². The number of anilines is 1. The number of hydrogen-bond acceptors (Lipinski definition) is 5. The van der Waals surface area contributed by atoms with E-state index in [0.29, 0.717) is 17.9 Å². The number of benzene rings is 3. The summed E-state index contributed by atoms with van der Waals surface area (Å²) in [6.45, 7) is 6.91. The molecule has 0 spiro atoms. The van der Waals surface area contributed by atoms with Gasteiger partial charge in [-0.1, -0.05) is 31.5 Å². The minimum Gasteiger partial charge on any atom is -0.494 e. The topological polar surface area (TPSA) is 88.1 Å². The average molecular weight is 508 g/mol. The number of sulfonamides is 1. The Balaban J connectivity index is 1.60. The van der Waals surface area contributed by atoms with Gasteiger partial charge in [0.2, 0.25) is 10.0 Å². The Morgan fingerprint density at radius 2 is 1.69 bits per heavy atom. The Morgan fingerprint density at radius 3 is 2.31 bits per heavy atom. The van der Waals surface area contributed by atoms with Crippen molar-refractivity contribution in [1.82, 2.24) is 5.43 Å². The highest BCUT2D eigenvalue weighted by Gasteiger charge is 2.18. The quantitative estimate of drug-likeness (QED) is 0.219. The molecule has 3 rings (SSSR count). The molecule has 0 aliphatic carbocycles. The number of carbonyl (C=O) groups is 1. The van der Waals surface area contributed by atoms with Crippen LogP contribution in [0.4, 0.5) is 5.69 Å². The normalized spacial score (nSPS) is 11.4. The smallest absolute Gasteiger partial charge is 0.271 e. The highest BCUT2D eigenvalue weighted by atomic mass is 32.2. The number of amides is 1. The van der Waals surface area contributed by atoms with E-state index in [9.17, 15) is 13.2 Å². The van der Waals surface area contributed by atoms with Crippen LogP contribution in [0.15, 0.2) is 71.8 Å². The fourth-order valence-corrected chi connectivity index (χ4v) is 4.30. The molecule has 0 unspecified atom stereocenters. The first-order chi connectivity index (χ1) is 17.2. The molecule has 1 amide bonds. The van der Waals surface area contributed by atoms with E-state index in [0.717, 1.165) is 40.8 Å². The second-order valence-corrected chi connectivity index (χ2v) is 10.6. The predicted molar refractivity (Wildman–Crippen MR) is 145 cm³/mol. The molecule has 0 radical (unpaired) electrons. The molecule has 36 heavy (non-hydrogen) atoms. The molecule has 0 heterocycles. The van der Waals surface area contributed by atoms with E-state index in [2.05, 4.69) is 17.5 Å². The molecule has 0 aliphatic rings. The lowest BCUT2D eigenvalue weighted by atomic mass is 10.1. The van der Waals surface area contributed by atoms with Gasteiger partial charge >= 0.3 is 0 Å². The van der Waals surface area contributed by atoms with Gasteiger partial charge in [-0.05, 0) is 91.1 Å². The molecule has 0 fully saturated rings. The van der Waals surface area contributed by atoms with Crippen LogP contribution in [0.2, 0.25) is 0 Å². The minimum atomic E-state index is -3.49. The summed E-state index contributed by atoms with van der Waals surface area (Å²) in [6, 6.07) is 19.9. The van der Waals surface area contributed by atoms with Crippen LogP contribution in [-0.4, -0.2) is 33.4 Å². The number of ether oxygens (including phenoxy) is 1. The van der Waals surface area contributed by atoms with Crippen molar-refractivity contribution in [3.05, 3.63) is 94.5 Å². The zero-order chi connectivity index (χ0) is 26.1. The van der Waals surface area contributed by atoms with E-state index in [1.165, 1.54) is 10.6 Å². The fourth-order valence-electron chi connectivity index (χ4n) is 3.42. The Morgan fingerprint density at radius 1 is 1.00 bits per heavy atom. The number of nitrogens with one attached hydrogen (secondary N) is 1. The number of rotatable bonds is 11. The van der Waals surface area contributed by atoms with E-state index in [1.54, 1.807) is 36.5 Å². The predicted octanol–water partition coefficient (Wildman–Crippen LogP) is 5.21. The first-order valence-electron chi connectivity index (χ1n) is 11.9.